The van der Waals surface area contributed by atoms with Gasteiger partial charge in [-0.3, -0.25) is 4.79 Å². The number of carboxylic acid groups (broad SMARTS) is 1. The third kappa shape index (κ3) is 3.18. The van der Waals surface area contributed by atoms with Crippen molar-refractivity contribution in [2.24, 2.45) is 0 Å². The number of carboxylic acids is 1. The Morgan fingerprint density at radius 1 is 1.17 bits per heavy atom. The number of amides is 1. The molecule has 0 radical (unpaired) electrons. The fourth-order valence-electron chi connectivity index (χ4n) is 2.60. The largest absolute Gasteiger partial charge is 0.480 e. The van der Waals surface area contributed by atoms with E-state index >= 15 is 0 Å². The number of nitrogens with zero attached hydrogens (tertiary/aromatic N) is 1. The third-order valence-corrected chi connectivity index (χ3v) is 5.79. The zero-order valence-corrected chi connectivity index (χ0v) is 14.8. The Morgan fingerprint density at radius 3 is 2.46 bits per heavy atom. The van der Waals surface area contributed by atoms with Crippen LogP contribution in [0, 0.1) is 5.82 Å². The van der Waals surface area contributed by atoms with E-state index in [-0.39, 0.29) is 17.5 Å². The molecule has 0 aromatic heterocycles. The fraction of sp³-hybridized carbons (Fsp3) is 0.176. The lowest BCUT2D eigenvalue weighted by Crippen LogP contribution is -2.43. The summed E-state index contributed by atoms with van der Waals surface area (Å²) in [7, 11) is 0. The minimum absolute atomic E-state index is 0.285. The van der Waals surface area contributed by atoms with E-state index in [1.54, 1.807) is 36.4 Å². The van der Waals surface area contributed by atoms with Crippen LogP contribution in [0.25, 0.3) is 0 Å². The highest BCUT2D eigenvalue weighted by Gasteiger charge is 2.43. The summed E-state index contributed by atoms with van der Waals surface area (Å²) in [6.07, 6.45) is 0. The standard InChI is InChI=1S/C17H13BrFNO3S/c18-13-4-2-1-3-12(13)15(21)20-14(17(22)23)9-24-16(20)10-5-7-11(19)8-6-10/h1-8,14,16H,9H2,(H,22,23). The molecule has 1 fully saturated rings. The molecule has 7 heteroatoms. The highest BCUT2D eigenvalue weighted by Crippen LogP contribution is 2.42. The average molecular weight is 410 g/mol. The molecule has 4 nitrogen and oxygen atoms in total. The molecule has 1 amide bonds. The molecule has 1 N–H and O–H groups in total. The smallest absolute Gasteiger partial charge is 0.327 e. The van der Waals surface area contributed by atoms with Crippen molar-refractivity contribution in [3.8, 4) is 0 Å². The summed E-state index contributed by atoms with van der Waals surface area (Å²) in [6.45, 7) is 0. The molecule has 1 aliphatic heterocycles. The third-order valence-electron chi connectivity index (χ3n) is 3.78. The first-order valence-electron chi connectivity index (χ1n) is 7.16. The van der Waals surface area contributed by atoms with Crippen LogP contribution in [0.5, 0.6) is 0 Å². The first kappa shape index (κ1) is 17.0. The summed E-state index contributed by atoms with van der Waals surface area (Å²) >= 11 is 4.70. The Morgan fingerprint density at radius 2 is 1.83 bits per heavy atom. The van der Waals surface area contributed by atoms with Gasteiger partial charge in [-0.15, -0.1) is 11.8 Å². The van der Waals surface area contributed by atoms with Crippen molar-refractivity contribution in [2.75, 3.05) is 5.75 Å². The summed E-state index contributed by atoms with van der Waals surface area (Å²) in [4.78, 5) is 25.9. The molecule has 2 unspecified atom stereocenters. The van der Waals surface area contributed by atoms with Crippen molar-refractivity contribution in [1.29, 1.82) is 0 Å². The number of carbonyl (C=O) groups is 2. The zero-order valence-electron chi connectivity index (χ0n) is 12.4. The van der Waals surface area contributed by atoms with Gasteiger partial charge in [0.05, 0.1) is 5.56 Å². The molecule has 1 saturated heterocycles. The van der Waals surface area contributed by atoms with Gasteiger partial charge in [-0.05, 0) is 45.8 Å². The number of aliphatic carboxylic acids is 1. The molecule has 0 saturated carbocycles. The zero-order chi connectivity index (χ0) is 17.3. The molecule has 2 aromatic rings. The minimum Gasteiger partial charge on any atom is -0.480 e. The molecule has 0 bridgehead atoms. The maximum absolute atomic E-state index is 13.2. The summed E-state index contributed by atoms with van der Waals surface area (Å²) < 4.78 is 13.8. The number of hydrogen-bond acceptors (Lipinski definition) is 3. The number of rotatable bonds is 3. The van der Waals surface area contributed by atoms with Crippen LogP contribution in [0.3, 0.4) is 0 Å². The summed E-state index contributed by atoms with van der Waals surface area (Å²) in [6, 6.07) is 11.8. The van der Waals surface area contributed by atoms with Gasteiger partial charge in [-0.1, -0.05) is 24.3 Å². The average Bonchev–Trinajstić information content (AvgIpc) is 3.00. The summed E-state index contributed by atoms with van der Waals surface area (Å²) in [5, 5.41) is 9.01. The van der Waals surface area contributed by atoms with Gasteiger partial charge < -0.3 is 10.0 Å². The first-order valence-corrected chi connectivity index (χ1v) is 9.00. The van der Waals surface area contributed by atoms with Gasteiger partial charge >= 0.3 is 5.97 Å². The lowest BCUT2D eigenvalue weighted by atomic mass is 10.1. The van der Waals surface area contributed by atoms with Crippen molar-refractivity contribution in [1.82, 2.24) is 4.90 Å². The molecule has 2 atom stereocenters. The van der Waals surface area contributed by atoms with Crippen LogP contribution in [0.15, 0.2) is 53.0 Å². The van der Waals surface area contributed by atoms with E-state index in [0.29, 0.717) is 15.6 Å². The fourth-order valence-corrected chi connectivity index (χ4v) is 4.48. The topological polar surface area (TPSA) is 57.6 Å². The Hall–Kier alpha value is -1.86. The molecular formula is C17H13BrFNO3S. The van der Waals surface area contributed by atoms with Crippen LogP contribution < -0.4 is 0 Å². The van der Waals surface area contributed by atoms with Crippen LogP contribution in [0.1, 0.15) is 21.3 Å². The van der Waals surface area contributed by atoms with Crippen LogP contribution in [-0.2, 0) is 4.79 Å². The van der Waals surface area contributed by atoms with Crippen LogP contribution in [0.4, 0.5) is 4.39 Å². The van der Waals surface area contributed by atoms with Crippen LogP contribution in [0.2, 0.25) is 0 Å². The molecule has 0 spiro atoms. The highest BCUT2D eigenvalue weighted by molar-refractivity contribution is 9.10. The lowest BCUT2D eigenvalue weighted by Gasteiger charge is -2.28. The summed E-state index contributed by atoms with van der Waals surface area (Å²) in [5.74, 6) is -1.50. The summed E-state index contributed by atoms with van der Waals surface area (Å²) in [5.41, 5.74) is 1.10. The van der Waals surface area contributed by atoms with Gasteiger partial charge in [-0.25, -0.2) is 9.18 Å². The Kier molecular flexibility index (Phi) is 4.91. The molecule has 3 rings (SSSR count). The number of thioether (sulfide) groups is 1. The van der Waals surface area contributed by atoms with Crippen LogP contribution >= 0.6 is 27.7 Å². The quantitative estimate of drug-likeness (QED) is 0.833. The van der Waals surface area contributed by atoms with Crippen molar-refractivity contribution < 1.29 is 19.1 Å². The van der Waals surface area contributed by atoms with Gasteiger partial charge in [0.25, 0.3) is 5.91 Å². The number of halogens is 2. The first-order chi connectivity index (χ1) is 11.5. The predicted molar refractivity (Wildman–Crippen MR) is 93.3 cm³/mol. The Labute approximate surface area is 150 Å². The SMILES string of the molecule is O=C(O)C1CSC(c2ccc(F)cc2)N1C(=O)c1ccccc1Br. The molecular weight excluding hydrogens is 397 g/mol. The van der Waals surface area contributed by atoms with Gasteiger partial charge in [0.1, 0.15) is 17.2 Å². The normalized spacial score (nSPS) is 20.2. The molecule has 2 aromatic carbocycles. The Bertz CT molecular complexity index is 784. The molecule has 24 heavy (non-hydrogen) atoms. The van der Waals surface area contributed by atoms with E-state index in [4.69, 9.17) is 0 Å². The van der Waals surface area contributed by atoms with Gasteiger partial charge in [0.15, 0.2) is 0 Å². The maximum atomic E-state index is 13.2. The van der Waals surface area contributed by atoms with E-state index in [2.05, 4.69) is 15.9 Å². The van der Waals surface area contributed by atoms with E-state index in [1.165, 1.54) is 28.8 Å². The lowest BCUT2D eigenvalue weighted by molar-refractivity contribution is -0.141. The molecule has 0 aliphatic carbocycles. The van der Waals surface area contributed by atoms with Crippen molar-refractivity contribution in [2.45, 2.75) is 11.4 Å². The maximum Gasteiger partial charge on any atom is 0.327 e. The number of carbonyl (C=O) groups excluding carboxylic acids is 1. The monoisotopic (exact) mass is 409 g/mol. The van der Waals surface area contributed by atoms with Crippen LogP contribution in [-0.4, -0.2) is 33.7 Å². The predicted octanol–water partition coefficient (Wildman–Crippen LogP) is 3.93. The minimum atomic E-state index is -1.05. The van der Waals surface area contributed by atoms with Crippen molar-refractivity contribution in [3.63, 3.8) is 0 Å². The van der Waals surface area contributed by atoms with E-state index in [0.717, 1.165) is 0 Å². The second kappa shape index (κ2) is 6.94. The molecule has 1 heterocycles. The Balaban J connectivity index is 2.01. The van der Waals surface area contributed by atoms with Gasteiger partial charge in [-0.2, -0.15) is 0 Å². The van der Waals surface area contributed by atoms with Gasteiger partial charge in [0, 0.05) is 10.2 Å². The van der Waals surface area contributed by atoms with E-state index < -0.39 is 17.4 Å². The molecule has 1 aliphatic rings. The van der Waals surface area contributed by atoms with E-state index in [9.17, 15) is 19.1 Å². The number of benzene rings is 2. The van der Waals surface area contributed by atoms with E-state index in [1.807, 2.05) is 0 Å². The second-order valence-corrected chi connectivity index (χ2v) is 7.25. The van der Waals surface area contributed by atoms with Gasteiger partial charge in [0.2, 0.25) is 0 Å². The molecule has 124 valence electrons. The number of hydrogen-bond donors (Lipinski definition) is 1. The van der Waals surface area contributed by atoms with Crippen molar-refractivity contribution in [3.05, 3.63) is 69.9 Å². The highest BCUT2D eigenvalue weighted by atomic mass is 79.9. The van der Waals surface area contributed by atoms with Crippen molar-refractivity contribution >= 4 is 39.6 Å². The second-order valence-electron chi connectivity index (χ2n) is 5.28.